The van der Waals surface area contributed by atoms with Crippen LogP contribution < -0.4 is 5.32 Å². The molecule has 5 rings (SSSR count). The van der Waals surface area contributed by atoms with E-state index in [0.717, 1.165) is 16.8 Å². The van der Waals surface area contributed by atoms with Crippen molar-refractivity contribution in [3.63, 3.8) is 0 Å². The Morgan fingerprint density at radius 1 is 0.941 bits per heavy atom. The van der Waals surface area contributed by atoms with Crippen molar-refractivity contribution in [2.75, 3.05) is 5.32 Å². The molecule has 1 N–H and O–H groups in total. The molecule has 172 valence electrons. The van der Waals surface area contributed by atoms with Gasteiger partial charge in [-0.1, -0.05) is 18.2 Å². The number of carbonyl (C=O) groups is 1. The smallest absolute Gasteiger partial charge is 0.435 e. The number of nitrogens with one attached hydrogen (secondary N) is 1. The zero-order valence-electron chi connectivity index (χ0n) is 17.4. The van der Waals surface area contributed by atoms with E-state index in [9.17, 15) is 26.7 Å². The van der Waals surface area contributed by atoms with Crippen LogP contribution in [0.3, 0.4) is 0 Å². The number of amides is 1. The van der Waals surface area contributed by atoms with Crippen LogP contribution >= 0.6 is 0 Å². The summed E-state index contributed by atoms with van der Waals surface area (Å²) < 4.78 is 74.7. The van der Waals surface area contributed by atoms with Crippen LogP contribution in [0.4, 0.5) is 27.6 Å². The highest BCUT2D eigenvalue weighted by atomic mass is 19.4. The van der Waals surface area contributed by atoms with E-state index in [1.807, 2.05) is 0 Å². The van der Waals surface area contributed by atoms with Crippen LogP contribution in [0.5, 0.6) is 0 Å². The van der Waals surface area contributed by atoms with Gasteiger partial charge in [0.15, 0.2) is 5.69 Å². The summed E-state index contributed by atoms with van der Waals surface area (Å²) in [6.07, 6.45) is -4.66. The van der Waals surface area contributed by atoms with Gasteiger partial charge >= 0.3 is 6.18 Å². The van der Waals surface area contributed by atoms with Crippen molar-refractivity contribution in [1.82, 2.24) is 9.78 Å². The lowest BCUT2D eigenvalue weighted by Crippen LogP contribution is -2.13. The van der Waals surface area contributed by atoms with Crippen molar-refractivity contribution < 1.29 is 31.2 Å². The Balaban J connectivity index is 1.49. The number of furan rings is 2. The number of carbonyl (C=O) groups excluding carboxylic acids is 1. The number of alkyl halides is 3. The highest BCUT2D eigenvalue weighted by Gasteiger charge is 2.36. The number of halogens is 5. The average Bonchev–Trinajstić information content (AvgIpc) is 3.48. The van der Waals surface area contributed by atoms with Gasteiger partial charge in [-0.15, -0.1) is 0 Å². The molecule has 0 fully saturated rings. The Kier molecular flexibility index (Phi) is 4.89. The lowest BCUT2D eigenvalue weighted by Gasteiger charge is -2.10. The molecule has 0 aliphatic heterocycles. The molecule has 0 atom stereocenters. The molecule has 0 radical (unpaired) electrons. The van der Waals surface area contributed by atoms with E-state index in [1.54, 1.807) is 6.07 Å². The van der Waals surface area contributed by atoms with E-state index in [2.05, 4.69) is 10.4 Å². The third-order valence-corrected chi connectivity index (χ3v) is 5.39. The fourth-order valence-corrected chi connectivity index (χ4v) is 3.86. The first kappa shape index (κ1) is 21.6. The van der Waals surface area contributed by atoms with Crippen LogP contribution in [-0.2, 0) is 13.2 Å². The molecular formula is C24H14F5N3O2. The Hall–Kier alpha value is -4.21. The summed E-state index contributed by atoms with van der Waals surface area (Å²) in [5.74, 6) is -2.07. The quantitative estimate of drug-likeness (QED) is 0.305. The summed E-state index contributed by atoms with van der Waals surface area (Å²) in [5, 5.41) is 6.02. The van der Waals surface area contributed by atoms with Gasteiger partial charge in [0.2, 0.25) is 0 Å². The lowest BCUT2D eigenvalue weighted by molar-refractivity contribution is -0.141. The van der Waals surface area contributed by atoms with Crippen molar-refractivity contribution >= 4 is 22.8 Å². The maximum absolute atomic E-state index is 14.7. The van der Waals surface area contributed by atoms with Crippen LogP contribution in [0.2, 0.25) is 0 Å². The van der Waals surface area contributed by atoms with E-state index < -0.39 is 29.4 Å². The van der Waals surface area contributed by atoms with Crippen molar-refractivity contribution in [1.29, 1.82) is 0 Å². The number of benzene rings is 3. The number of hydrogen-bond donors (Lipinski definition) is 1. The van der Waals surface area contributed by atoms with E-state index in [0.29, 0.717) is 0 Å². The summed E-state index contributed by atoms with van der Waals surface area (Å²) in [6, 6.07) is 13.3. The molecule has 2 bridgehead atoms. The molecule has 0 saturated heterocycles. The second-order valence-corrected chi connectivity index (χ2v) is 7.58. The molecule has 0 unspecified atom stereocenters. The maximum atomic E-state index is 14.7. The van der Waals surface area contributed by atoms with Crippen LogP contribution in [0.15, 0.2) is 65.1 Å². The zero-order valence-corrected chi connectivity index (χ0v) is 17.4. The topological polar surface area (TPSA) is 60.1 Å². The Labute approximate surface area is 188 Å². The Morgan fingerprint density at radius 2 is 1.65 bits per heavy atom. The predicted octanol–water partition coefficient (Wildman–Crippen LogP) is 6.49. The van der Waals surface area contributed by atoms with Crippen LogP contribution in [-0.4, -0.2) is 15.7 Å². The fourth-order valence-electron chi connectivity index (χ4n) is 3.86. The summed E-state index contributed by atoms with van der Waals surface area (Å²) in [6.45, 7) is 0. The van der Waals surface area contributed by atoms with Gasteiger partial charge in [-0.25, -0.2) is 8.78 Å². The predicted molar refractivity (Wildman–Crippen MR) is 114 cm³/mol. The number of aromatic nitrogens is 2. The molecule has 34 heavy (non-hydrogen) atoms. The second kappa shape index (κ2) is 7.68. The van der Waals surface area contributed by atoms with Gasteiger partial charge in [0.25, 0.3) is 5.91 Å². The summed E-state index contributed by atoms with van der Waals surface area (Å²) in [5.41, 5.74) is -0.420. The molecule has 0 aliphatic carbocycles. The SMILES string of the molecule is Cn1nc(C(F)(F)F)cc1-c1c(C(=O)Nc2ccc(-c3ccccc3F)c(F)c2)c2ccc1o2. The monoisotopic (exact) mass is 471 g/mol. The van der Waals surface area contributed by atoms with Gasteiger partial charge in [-0.3, -0.25) is 9.48 Å². The number of fused-ring (bicyclic) bond motifs is 2. The largest absolute Gasteiger partial charge is 0.456 e. The van der Waals surface area contributed by atoms with E-state index in [4.69, 9.17) is 4.42 Å². The first-order valence-electron chi connectivity index (χ1n) is 9.96. The van der Waals surface area contributed by atoms with Gasteiger partial charge < -0.3 is 9.73 Å². The molecule has 0 saturated carbocycles. The Bertz CT molecular complexity index is 1530. The number of rotatable bonds is 4. The summed E-state index contributed by atoms with van der Waals surface area (Å²) in [4.78, 5) is 13.1. The van der Waals surface area contributed by atoms with E-state index in [-0.39, 0.29) is 44.8 Å². The summed E-state index contributed by atoms with van der Waals surface area (Å²) in [7, 11) is 1.32. The van der Waals surface area contributed by atoms with Crippen molar-refractivity contribution in [3.8, 4) is 22.4 Å². The Morgan fingerprint density at radius 3 is 2.32 bits per heavy atom. The highest BCUT2D eigenvalue weighted by molar-refractivity contribution is 6.16. The molecule has 3 heterocycles. The van der Waals surface area contributed by atoms with Gasteiger partial charge in [0.1, 0.15) is 22.8 Å². The lowest BCUT2D eigenvalue weighted by atomic mass is 10.0. The zero-order chi connectivity index (χ0) is 24.2. The van der Waals surface area contributed by atoms with Gasteiger partial charge in [0, 0.05) is 23.9 Å². The number of hydrogen-bond acceptors (Lipinski definition) is 3. The molecule has 3 aromatic heterocycles. The maximum Gasteiger partial charge on any atom is 0.435 e. The van der Waals surface area contributed by atoms with E-state index in [1.165, 1.54) is 49.5 Å². The fraction of sp³-hybridized carbons (Fsp3) is 0.0833. The standard InChI is InChI=1S/C24H14F5N3O2/c1-32-17(11-20(31-32)24(27,28)29)21-18-8-9-19(34-18)22(21)23(33)30-12-6-7-14(16(26)10-12)13-4-2-3-5-15(13)25/h2-11H,1H3,(H,30,33). The van der Waals surface area contributed by atoms with Crippen molar-refractivity contribution in [2.24, 2.45) is 7.05 Å². The van der Waals surface area contributed by atoms with Gasteiger partial charge in [0.05, 0.1) is 16.8 Å². The van der Waals surface area contributed by atoms with Crippen LogP contribution in [0, 0.1) is 11.6 Å². The average molecular weight is 471 g/mol. The molecule has 0 spiro atoms. The third kappa shape index (κ3) is 3.57. The van der Waals surface area contributed by atoms with E-state index >= 15 is 0 Å². The minimum absolute atomic E-state index is 0.00665. The molecule has 1 amide bonds. The molecule has 5 aromatic rings. The third-order valence-electron chi connectivity index (χ3n) is 5.39. The number of anilines is 1. The first-order valence-corrected chi connectivity index (χ1v) is 9.96. The highest BCUT2D eigenvalue weighted by Crippen LogP contribution is 2.39. The van der Waals surface area contributed by atoms with Gasteiger partial charge in [-0.2, -0.15) is 18.3 Å². The first-order chi connectivity index (χ1) is 16.1. The minimum atomic E-state index is -4.66. The minimum Gasteiger partial charge on any atom is -0.456 e. The molecule has 2 aromatic carbocycles. The molecule has 10 heteroatoms. The molecule has 5 nitrogen and oxygen atoms in total. The molecule has 0 aliphatic rings. The number of aryl methyl sites for hydroxylation is 1. The van der Waals surface area contributed by atoms with Crippen molar-refractivity contribution in [3.05, 3.63) is 83.6 Å². The van der Waals surface area contributed by atoms with Crippen LogP contribution in [0.1, 0.15) is 16.1 Å². The van der Waals surface area contributed by atoms with Gasteiger partial charge in [-0.05, 0) is 42.5 Å². The van der Waals surface area contributed by atoms with Crippen molar-refractivity contribution in [2.45, 2.75) is 6.18 Å². The summed E-state index contributed by atoms with van der Waals surface area (Å²) >= 11 is 0. The normalized spacial score (nSPS) is 11.9. The second-order valence-electron chi connectivity index (χ2n) is 7.58. The molecular weight excluding hydrogens is 457 g/mol. The van der Waals surface area contributed by atoms with Crippen LogP contribution in [0.25, 0.3) is 33.6 Å². The number of nitrogens with zero attached hydrogens (tertiary/aromatic N) is 2.